The maximum absolute atomic E-state index is 12.9. The van der Waals surface area contributed by atoms with Crippen LogP contribution < -0.4 is 4.74 Å². The molecular weight excluding hydrogens is 498 g/mol. The Morgan fingerprint density at radius 2 is 1.92 bits per heavy atom. The molecule has 3 aromatic rings. The normalized spacial score (nSPS) is 21.4. The van der Waals surface area contributed by atoms with Gasteiger partial charge in [-0.05, 0) is 75.4 Å². The van der Waals surface area contributed by atoms with E-state index in [1.807, 2.05) is 49.8 Å². The predicted molar refractivity (Wildman–Crippen MR) is 148 cm³/mol. The first-order valence-electron chi connectivity index (χ1n) is 13.8. The van der Waals surface area contributed by atoms with Gasteiger partial charge in [0.1, 0.15) is 23.2 Å². The Kier molecular flexibility index (Phi) is 8.00. The van der Waals surface area contributed by atoms with E-state index in [0.717, 1.165) is 53.6 Å². The number of hydrogen-bond acceptors (Lipinski definition) is 7. The van der Waals surface area contributed by atoms with E-state index in [9.17, 15) is 9.90 Å². The third-order valence-electron chi connectivity index (χ3n) is 7.28. The number of phenols is 1. The van der Waals surface area contributed by atoms with E-state index in [1.165, 1.54) is 0 Å². The Balaban J connectivity index is 1.39. The summed E-state index contributed by atoms with van der Waals surface area (Å²) in [6.07, 6.45) is 5.87. The van der Waals surface area contributed by atoms with Crippen molar-refractivity contribution in [3.8, 4) is 22.6 Å². The average molecular weight is 538 g/mol. The van der Waals surface area contributed by atoms with Crippen LogP contribution in [0.1, 0.15) is 59.1 Å². The number of ether oxygens (including phenoxy) is 4. The van der Waals surface area contributed by atoms with Crippen molar-refractivity contribution in [3.63, 3.8) is 0 Å². The van der Waals surface area contributed by atoms with Gasteiger partial charge in [0.05, 0.1) is 23.7 Å². The Bertz CT molecular complexity index is 1270. The van der Waals surface area contributed by atoms with Gasteiger partial charge in [-0.15, -0.1) is 0 Å². The third-order valence-corrected chi connectivity index (χ3v) is 7.28. The molecule has 9 heteroatoms. The molecule has 2 aliphatic rings. The van der Waals surface area contributed by atoms with E-state index >= 15 is 0 Å². The summed E-state index contributed by atoms with van der Waals surface area (Å²) < 4.78 is 25.5. The van der Waals surface area contributed by atoms with Crippen LogP contribution >= 0.6 is 0 Å². The molecule has 9 nitrogen and oxygen atoms in total. The number of rotatable bonds is 8. The summed E-state index contributed by atoms with van der Waals surface area (Å²) in [5.41, 5.74) is 2.33. The van der Waals surface area contributed by atoms with Crippen LogP contribution in [0.25, 0.3) is 22.0 Å². The number of aromatic nitrogens is 2. The number of amides is 1. The van der Waals surface area contributed by atoms with Crippen LogP contribution in [0.2, 0.25) is 0 Å². The molecule has 1 amide bonds. The molecule has 1 unspecified atom stereocenters. The number of methoxy groups -OCH3 is 1. The van der Waals surface area contributed by atoms with Gasteiger partial charge >= 0.3 is 6.09 Å². The first-order chi connectivity index (χ1) is 18.7. The van der Waals surface area contributed by atoms with Crippen molar-refractivity contribution in [1.82, 2.24) is 14.7 Å². The van der Waals surface area contributed by atoms with Gasteiger partial charge in [-0.1, -0.05) is 12.1 Å². The Labute approximate surface area is 229 Å². The van der Waals surface area contributed by atoms with E-state index in [0.29, 0.717) is 26.0 Å². The number of carbonyl (C=O) groups excluding carboxylic acids is 1. The molecule has 1 atom stereocenters. The lowest BCUT2D eigenvalue weighted by Crippen LogP contribution is -2.53. The maximum atomic E-state index is 12.9. The topological polar surface area (TPSA) is 95.3 Å². The molecule has 2 fully saturated rings. The molecule has 1 saturated heterocycles. The quantitative estimate of drug-likeness (QED) is 0.382. The minimum Gasteiger partial charge on any atom is -0.508 e. The third kappa shape index (κ3) is 6.31. The molecule has 5 rings (SSSR count). The van der Waals surface area contributed by atoms with Gasteiger partial charge in [0, 0.05) is 39.1 Å². The van der Waals surface area contributed by atoms with Crippen molar-refractivity contribution in [1.29, 1.82) is 0 Å². The Morgan fingerprint density at radius 1 is 1.15 bits per heavy atom. The summed E-state index contributed by atoms with van der Waals surface area (Å²) in [5.74, 6) is 0.974. The molecule has 0 bridgehead atoms. The lowest BCUT2D eigenvalue weighted by molar-refractivity contribution is -0.0366. The van der Waals surface area contributed by atoms with Crippen LogP contribution in [0.3, 0.4) is 0 Å². The summed E-state index contributed by atoms with van der Waals surface area (Å²) >= 11 is 0. The first kappa shape index (κ1) is 27.3. The molecular formula is C30H39N3O6. The number of nitrogens with zero attached hydrogens (tertiary/aromatic N) is 3. The second-order valence-corrected chi connectivity index (χ2v) is 11.4. The smallest absolute Gasteiger partial charge is 0.410 e. The van der Waals surface area contributed by atoms with E-state index in [2.05, 4.69) is 6.07 Å². The molecule has 1 aliphatic heterocycles. The standard InChI is InChI=1S/C30H39N3O6/c1-30(2,3)39-29(35)32(12-14-36-4)22-17-24(18-22)38-27-16-21(20-8-10-23(34)11-9-20)15-26-25(27)19-31-33(26)28-7-5-6-13-37-28/h8-11,15-16,19,22,24,28,34H,5-7,12-14,17-18H2,1-4H3/t22-,24-,28?. The summed E-state index contributed by atoms with van der Waals surface area (Å²) in [7, 11) is 1.63. The number of phenolic OH excluding ortho intramolecular Hbond substituents is 1. The summed E-state index contributed by atoms with van der Waals surface area (Å²) in [6, 6.07) is 11.3. The number of aromatic hydroxyl groups is 1. The lowest BCUT2D eigenvalue weighted by Gasteiger charge is -2.42. The fourth-order valence-corrected chi connectivity index (χ4v) is 5.18. The molecule has 1 aromatic heterocycles. The fraction of sp³-hybridized carbons (Fsp3) is 0.533. The zero-order valence-corrected chi connectivity index (χ0v) is 23.3. The first-order valence-corrected chi connectivity index (χ1v) is 13.8. The van der Waals surface area contributed by atoms with Crippen LogP contribution in [0, 0.1) is 0 Å². The van der Waals surface area contributed by atoms with Gasteiger partial charge in [-0.2, -0.15) is 5.10 Å². The van der Waals surface area contributed by atoms with Crippen molar-refractivity contribution >= 4 is 17.0 Å². The monoisotopic (exact) mass is 537 g/mol. The molecule has 39 heavy (non-hydrogen) atoms. The molecule has 1 saturated carbocycles. The van der Waals surface area contributed by atoms with Crippen molar-refractivity contribution in [3.05, 3.63) is 42.6 Å². The van der Waals surface area contributed by atoms with Crippen LogP contribution in [0.4, 0.5) is 4.79 Å². The Morgan fingerprint density at radius 3 is 2.59 bits per heavy atom. The van der Waals surface area contributed by atoms with E-state index in [-0.39, 0.29) is 30.2 Å². The second-order valence-electron chi connectivity index (χ2n) is 11.4. The largest absolute Gasteiger partial charge is 0.508 e. The van der Waals surface area contributed by atoms with Crippen molar-refractivity contribution in [2.45, 2.75) is 76.9 Å². The van der Waals surface area contributed by atoms with Crippen molar-refractivity contribution in [2.75, 3.05) is 26.9 Å². The summed E-state index contributed by atoms with van der Waals surface area (Å²) in [4.78, 5) is 14.6. The van der Waals surface area contributed by atoms with E-state index in [1.54, 1.807) is 24.1 Å². The number of benzene rings is 2. The zero-order valence-electron chi connectivity index (χ0n) is 23.3. The highest BCUT2D eigenvalue weighted by atomic mass is 16.6. The van der Waals surface area contributed by atoms with Gasteiger partial charge in [0.2, 0.25) is 0 Å². The predicted octanol–water partition coefficient (Wildman–Crippen LogP) is 5.90. The zero-order chi connectivity index (χ0) is 27.6. The van der Waals surface area contributed by atoms with E-state index in [4.69, 9.17) is 24.0 Å². The maximum Gasteiger partial charge on any atom is 0.410 e. The van der Waals surface area contributed by atoms with Crippen LogP contribution in [0.5, 0.6) is 11.5 Å². The van der Waals surface area contributed by atoms with Gasteiger partial charge in [-0.25, -0.2) is 9.48 Å². The molecule has 0 radical (unpaired) electrons. The minimum atomic E-state index is -0.565. The highest BCUT2D eigenvalue weighted by molar-refractivity contribution is 5.90. The molecule has 2 aromatic carbocycles. The SMILES string of the molecule is COCCN(C(=O)OC(C)(C)C)[C@H]1C[C@H](Oc2cc(-c3ccc(O)cc3)cc3c2cnn3C2CCCCO2)C1. The van der Waals surface area contributed by atoms with Gasteiger partial charge in [0.25, 0.3) is 0 Å². The number of fused-ring (bicyclic) bond motifs is 1. The highest BCUT2D eigenvalue weighted by Crippen LogP contribution is 2.39. The fourth-order valence-electron chi connectivity index (χ4n) is 5.18. The van der Waals surface area contributed by atoms with Crippen molar-refractivity contribution < 1.29 is 28.8 Å². The molecule has 1 aliphatic carbocycles. The lowest BCUT2D eigenvalue weighted by atomic mass is 9.87. The van der Waals surface area contributed by atoms with Crippen molar-refractivity contribution in [2.24, 2.45) is 0 Å². The van der Waals surface area contributed by atoms with E-state index < -0.39 is 5.60 Å². The summed E-state index contributed by atoms with van der Waals surface area (Å²) in [5, 5.41) is 15.4. The van der Waals surface area contributed by atoms with Crippen LogP contribution in [0.15, 0.2) is 42.6 Å². The average Bonchev–Trinajstić information content (AvgIpc) is 3.31. The highest BCUT2D eigenvalue weighted by Gasteiger charge is 2.39. The second kappa shape index (κ2) is 11.4. The minimum absolute atomic E-state index is 0.0223. The van der Waals surface area contributed by atoms with Gasteiger partial charge in [0.15, 0.2) is 6.23 Å². The number of hydrogen-bond donors (Lipinski definition) is 1. The molecule has 2 heterocycles. The van der Waals surface area contributed by atoms with Gasteiger partial charge < -0.3 is 29.0 Å². The molecule has 0 spiro atoms. The number of carbonyl (C=O) groups is 1. The summed E-state index contributed by atoms with van der Waals surface area (Å²) in [6.45, 7) is 7.26. The van der Waals surface area contributed by atoms with Crippen LogP contribution in [-0.4, -0.2) is 70.5 Å². The molecule has 210 valence electrons. The molecule has 1 N–H and O–H groups in total. The Hall–Kier alpha value is -3.30. The van der Waals surface area contributed by atoms with Crippen LogP contribution in [-0.2, 0) is 14.2 Å². The van der Waals surface area contributed by atoms with Gasteiger partial charge in [-0.3, -0.25) is 0 Å².